The van der Waals surface area contributed by atoms with Gasteiger partial charge in [0.1, 0.15) is 11.9 Å². The Hall–Kier alpha value is -3.27. The summed E-state index contributed by atoms with van der Waals surface area (Å²) in [6.45, 7) is 3.50. The molecule has 0 radical (unpaired) electrons. The molecule has 0 aromatic carbocycles. The van der Waals surface area contributed by atoms with Gasteiger partial charge in [0.2, 0.25) is 11.8 Å². The van der Waals surface area contributed by atoms with E-state index < -0.39 is 0 Å². The molecule has 0 unspecified atom stereocenters. The minimum absolute atomic E-state index is 0.00490. The highest BCUT2D eigenvalue weighted by Crippen LogP contribution is 2.34. The van der Waals surface area contributed by atoms with Gasteiger partial charge in [-0.1, -0.05) is 12.8 Å². The minimum Gasteiger partial charge on any atom is -0.444 e. The molecule has 0 spiro atoms. The molecule has 1 fully saturated rings. The van der Waals surface area contributed by atoms with E-state index in [2.05, 4.69) is 33.1 Å². The lowest BCUT2D eigenvalue weighted by Gasteiger charge is -2.37. The van der Waals surface area contributed by atoms with Crippen molar-refractivity contribution in [3.05, 3.63) is 30.9 Å². The molecule has 0 saturated carbocycles. The van der Waals surface area contributed by atoms with E-state index in [9.17, 15) is 4.79 Å². The van der Waals surface area contributed by atoms with Gasteiger partial charge in [0.15, 0.2) is 0 Å². The van der Waals surface area contributed by atoms with Gasteiger partial charge in [0, 0.05) is 36.9 Å². The van der Waals surface area contributed by atoms with Crippen molar-refractivity contribution in [1.82, 2.24) is 19.9 Å². The number of oxazole rings is 1. The number of piperidine rings is 1. The average molecular weight is 363 g/mol. The van der Waals surface area contributed by atoms with Crippen LogP contribution in [-0.2, 0) is 4.79 Å². The fourth-order valence-electron chi connectivity index (χ4n) is 3.75. The summed E-state index contributed by atoms with van der Waals surface area (Å²) in [5.74, 6) is 3.35. The summed E-state index contributed by atoms with van der Waals surface area (Å²) in [4.78, 5) is 26.0. The van der Waals surface area contributed by atoms with Gasteiger partial charge >= 0.3 is 0 Å². The van der Waals surface area contributed by atoms with E-state index in [1.807, 2.05) is 17.2 Å². The number of terminal acetylenes is 1. The van der Waals surface area contributed by atoms with Gasteiger partial charge in [-0.15, -0.1) is 6.42 Å². The molecule has 2 atom stereocenters. The number of hydrogen-bond acceptors (Lipinski definition) is 5. The number of H-pyrrole nitrogens is 1. The Labute approximate surface area is 157 Å². The number of aromatic amines is 1. The topological polar surface area (TPSA) is 87.1 Å². The fraction of sp³-hybridized carbons (Fsp3) is 0.350. The molecule has 3 aromatic rings. The maximum absolute atomic E-state index is 12.3. The van der Waals surface area contributed by atoms with Crippen LogP contribution in [-0.4, -0.2) is 44.9 Å². The molecular formula is C20H21N5O2. The molecule has 4 heterocycles. The first kappa shape index (κ1) is 17.2. The number of pyridine rings is 1. The first-order chi connectivity index (χ1) is 13.2. The van der Waals surface area contributed by atoms with Gasteiger partial charge in [0.25, 0.3) is 0 Å². The van der Waals surface area contributed by atoms with Crippen LogP contribution in [0, 0.1) is 18.3 Å². The second-order valence-electron chi connectivity index (χ2n) is 6.99. The first-order valence-corrected chi connectivity index (χ1v) is 8.99. The Morgan fingerprint density at radius 2 is 2.37 bits per heavy atom. The lowest BCUT2D eigenvalue weighted by atomic mass is 9.95. The van der Waals surface area contributed by atoms with Crippen LogP contribution in [0.5, 0.6) is 0 Å². The van der Waals surface area contributed by atoms with Gasteiger partial charge in [-0.25, -0.2) is 9.97 Å². The molecule has 1 aliphatic heterocycles. The van der Waals surface area contributed by atoms with Crippen LogP contribution in [0.3, 0.4) is 0 Å². The maximum Gasteiger partial charge on any atom is 0.234 e. The van der Waals surface area contributed by atoms with Crippen LogP contribution in [0.4, 0.5) is 5.69 Å². The summed E-state index contributed by atoms with van der Waals surface area (Å²) in [5, 5.41) is 4.58. The van der Waals surface area contributed by atoms with Crippen LogP contribution < -0.4 is 5.32 Å². The van der Waals surface area contributed by atoms with E-state index in [1.165, 1.54) is 0 Å². The molecule has 7 nitrogen and oxygen atoms in total. The number of likely N-dealkylation sites (tertiary alicyclic amines) is 1. The Balaban J connectivity index is 1.66. The predicted octanol–water partition coefficient (Wildman–Crippen LogP) is 2.89. The summed E-state index contributed by atoms with van der Waals surface area (Å²) in [6.07, 6.45) is 13.2. The molecule has 0 bridgehead atoms. The fourth-order valence-corrected chi connectivity index (χ4v) is 3.75. The zero-order valence-electron chi connectivity index (χ0n) is 15.1. The van der Waals surface area contributed by atoms with Crippen molar-refractivity contribution in [1.29, 1.82) is 0 Å². The van der Waals surface area contributed by atoms with Gasteiger partial charge < -0.3 is 19.6 Å². The van der Waals surface area contributed by atoms with E-state index in [-0.39, 0.29) is 18.4 Å². The summed E-state index contributed by atoms with van der Waals surface area (Å²) >= 11 is 0. The summed E-state index contributed by atoms with van der Waals surface area (Å²) in [7, 11) is 0. The summed E-state index contributed by atoms with van der Waals surface area (Å²) in [5.41, 5.74) is 2.50. The van der Waals surface area contributed by atoms with Crippen molar-refractivity contribution in [3.8, 4) is 23.8 Å². The van der Waals surface area contributed by atoms with E-state index in [1.54, 1.807) is 18.7 Å². The first-order valence-electron chi connectivity index (χ1n) is 8.99. The number of aromatic nitrogens is 3. The number of amides is 1. The number of fused-ring (bicyclic) bond motifs is 1. The SMILES string of the molecule is C#CCC(=O)N1C[C@@H](C)C[C@@H](Nc2c(-c3ncco3)cnc3[nH]ccc23)C1. The van der Waals surface area contributed by atoms with Gasteiger partial charge in [0.05, 0.1) is 23.9 Å². The quantitative estimate of drug-likeness (QED) is 0.696. The number of hydrogen-bond donors (Lipinski definition) is 2. The monoisotopic (exact) mass is 363 g/mol. The second kappa shape index (κ2) is 7.16. The molecular weight excluding hydrogens is 342 g/mol. The minimum atomic E-state index is 0.00490. The number of carbonyl (C=O) groups is 1. The largest absolute Gasteiger partial charge is 0.444 e. The molecule has 1 saturated heterocycles. The van der Waals surface area contributed by atoms with E-state index in [0.29, 0.717) is 18.4 Å². The third kappa shape index (κ3) is 3.38. The standard InChI is InChI=1S/C20H21N5O2/c1-3-4-17(26)25-11-13(2)9-14(12-25)24-18-15-5-6-21-19(15)23-10-16(18)20-22-7-8-27-20/h1,5-8,10,13-14H,4,9,11-12H2,2H3,(H2,21,23,24)/t13-,14+/m0/s1. The van der Waals surface area contributed by atoms with Crippen LogP contribution >= 0.6 is 0 Å². The van der Waals surface area contributed by atoms with Gasteiger partial charge in [-0.3, -0.25) is 4.79 Å². The Morgan fingerprint density at radius 1 is 1.48 bits per heavy atom. The van der Waals surface area contributed by atoms with Crippen molar-refractivity contribution >= 4 is 22.6 Å². The van der Waals surface area contributed by atoms with E-state index >= 15 is 0 Å². The second-order valence-corrected chi connectivity index (χ2v) is 6.99. The third-order valence-corrected chi connectivity index (χ3v) is 4.86. The average Bonchev–Trinajstić information content (AvgIpc) is 3.33. The zero-order chi connectivity index (χ0) is 18.8. The van der Waals surface area contributed by atoms with Crippen LogP contribution in [0.2, 0.25) is 0 Å². The molecule has 4 rings (SSSR count). The molecule has 2 N–H and O–H groups in total. The Kier molecular flexibility index (Phi) is 4.55. The van der Waals surface area contributed by atoms with E-state index in [0.717, 1.165) is 35.2 Å². The predicted molar refractivity (Wildman–Crippen MR) is 103 cm³/mol. The smallest absolute Gasteiger partial charge is 0.234 e. The molecule has 27 heavy (non-hydrogen) atoms. The number of nitrogens with zero attached hydrogens (tertiary/aromatic N) is 3. The van der Waals surface area contributed by atoms with Crippen LogP contribution in [0.15, 0.2) is 35.3 Å². The number of nitrogens with one attached hydrogen (secondary N) is 2. The Morgan fingerprint density at radius 3 is 3.15 bits per heavy atom. The number of anilines is 1. The Bertz CT molecular complexity index is 986. The highest BCUT2D eigenvalue weighted by atomic mass is 16.3. The van der Waals surface area contributed by atoms with Crippen molar-refractivity contribution in [2.75, 3.05) is 18.4 Å². The molecule has 0 aliphatic carbocycles. The summed E-state index contributed by atoms with van der Waals surface area (Å²) < 4.78 is 5.50. The van der Waals surface area contributed by atoms with Gasteiger partial charge in [-0.05, 0) is 18.4 Å². The van der Waals surface area contributed by atoms with Crippen molar-refractivity contribution in [2.24, 2.45) is 5.92 Å². The lowest BCUT2D eigenvalue weighted by Crippen LogP contribution is -2.48. The molecule has 138 valence electrons. The number of rotatable bonds is 4. The molecule has 3 aromatic heterocycles. The zero-order valence-corrected chi connectivity index (χ0v) is 15.1. The number of carbonyl (C=O) groups excluding carboxylic acids is 1. The van der Waals surface area contributed by atoms with Crippen LogP contribution in [0.25, 0.3) is 22.5 Å². The highest BCUT2D eigenvalue weighted by molar-refractivity contribution is 5.97. The molecule has 7 heteroatoms. The van der Waals surface area contributed by atoms with E-state index in [4.69, 9.17) is 10.8 Å². The molecule has 1 aliphatic rings. The van der Waals surface area contributed by atoms with Crippen LogP contribution in [0.1, 0.15) is 19.8 Å². The van der Waals surface area contributed by atoms with Crippen molar-refractivity contribution < 1.29 is 9.21 Å². The maximum atomic E-state index is 12.3. The molecule has 1 amide bonds. The normalized spacial score (nSPS) is 19.8. The highest BCUT2D eigenvalue weighted by Gasteiger charge is 2.28. The lowest BCUT2D eigenvalue weighted by molar-refractivity contribution is -0.131. The van der Waals surface area contributed by atoms with Gasteiger partial charge in [-0.2, -0.15) is 0 Å². The van der Waals surface area contributed by atoms with Crippen molar-refractivity contribution in [3.63, 3.8) is 0 Å². The third-order valence-electron chi connectivity index (χ3n) is 4.86. The van der Waals surface area contributed by atoms with Crippen molar-refractivity contribution in [2.45, 2.75) is 25.8 Å². The summed E-state index contributed by atoms with van der Waals surface area (Å²) in [6, 6.07) is 2.08.